The number of aliphatic hydroxyl groups excluding tert-OH is 1. The van der Waals surface area contributed by atoms with E-state index < -0.39 is 18.0 Å². The molecule has 0 bridgehead atoms. The zero-order valence-corrected chi connectivity index (χ0v) is 16.3. The summed E-state index contributed by atoms with van der Waals surface area (Å²) in [7, 11) is 0. The third-order valence-corrected chi connectivity index (χ3v) is 4.66. The van der Waals surface area contributed by atoms with Crippen molar-refractivity contribution in [3.8, 4) is 0 Å². The summed E-state index contributed by atoms with van der Waals surface area (Å²) in [6.45, 7) is 11.2. The molecular weight excluding hydrogens is 302 g/mol. The van der Waals surface area contributed by atoms with Crippen molar-refractivity contribution in [2.75, 3.05) is 26.2 Å². The summed E-state index contributed by atoms with van der Waals surface area (Å²) in [6.07, 6.45) is 10.9. The maximum Gasteiger partial charge on any atom is 0.106 e. The van der Waals surface area contributed by atoms with Gasteiger partial charge < -0.3 is 19.5 Å². The van der Waals surface area contributed by atoms with Gasteiger partial charge in [-0.2, -0.15) is 0 Å². The Morgan fingerprint density at radius 3 is 2.08 bits per heavy atom. The molecular formula is C20H39NO3. The van der Waals surface area contributed by atoms with E-state index in [-0.39, 0.29) is 0 Å². The first-order chi connectivity index (χ1) is 11.4. The van der Waals surface area contributed by atoms with Crippen LogP contribution in [0.1, 0.15) is 72.6 Å². The van der Waals surface area contributed by atoms with Crippen LogP contribution < -0.4 is 5.11 Å². The summed E-state index contributed by atoms with van der Waals surface area (Å²) in [4.78, 5) is 11.3. The second-order valence-corrected chi connectivity index (χ2v) is 7.23. The molecule has 0 amide bonds. The van der Waals surface area contributed by atoms with Crippen LogP contribution in [-0.4, -0.2) is 47.8 Å². The molecule has 0 aromatic carbocycles. The highest BCUT2D eigenvalue weighted by Crippen LogP contribution is 2.18. The van der Waals surface area contributed by atoms with E-state index in [9.17, 15) is 15.0 Å². The van der Waals surface area contributed by atoms with E-state index in [0.717, 1.165) is 51.6 Å². The molecule has 142 valence electrons. The van der Waals surface area contributed by atoms with Crippen molar-refractivity contribution in [2.45, 2.75) is 78.7 Å². The average molecular weight is 342 g/mol. The number of carboxylic acid groups (broad SMARTS) is 1. The summed E-state index contributed by atoms with van der Waals surface area (Å²) in [5.74, 6) is -1.47. The van der Waals surface area contributed by atoms with E-state index in [0.29, 0.717) is 24.0 Å². The molecule has 24 heavy (non-hydrogen) atoms. The van der Waals surface area contributed by atoms with E-state index >= 15 is 0 Å². The number of aliphatic hydroxyl groups is 1. The van der Waals surface area contributed by atoms with Crippen molar-refractivity contribution in [2.24, 2.45) is 5.92 Å². The summed E-state index contributed by atoms with van der Waals surface area (Å²) in [5.41, 5.74) is 0. The van der Waals surface area contributed by atoms with Gasteiger partial charge in [-0.25, -0.2) is 0 Å². The van der Waals surface area contributed by atoms with E-state index in [1.54, 1.807) is 6.92 Å². The molecule has 4 heteroatoms. The lowest BCUT2D eigenvalue weighted by atomic mass is 10.1. The second kappa shape index (κ2) is 13.4. The topological polar surface area (TPSA) is 60.4 Å². The van der Waals surface area contributed by atoms with Gasteiger partial charge in [0.1, 0.15) is 12.6 Å². The van der Waals surface area contributed by atoms with Gasteiger partial charge in [0.15, 0.2) is 0 Å². The third-order valence-electron chi connectivity index (χ3n) is 4.66. The monoisotopic (exact) mass is 341 g/mol. The normalized spacial score (nSPS) is 14.9. The van der Waals surface area contributed by atoms with E-state index in [4.69, 9.17) is 0 Å². The summed E-state index contributed by atoms with van der Waals surface area (Å²) < 4.78 is 0.694. The zero-order chi connectivity index (χ0) is 18.4. The molecule has 0 aliphatic heterocycles. The minimum atomic E-state index is -0.983. The highest BCUT2D eigenvalue weighted by atomic mass is 16.4. The fourth-order valence-corrected chi connectivity index (χ4v) is 3.25. The number of carbonyl (C=O) groups excluding carboxylic acids is 1. The Morgan fingerprint density at radius 2 is 1.62 bits per heavy atom. The Kier molecular flexibility index (Phi) is 12.9. The average Bonchev–Trinajstić information content (AvgIpc) is 2.54. The number of hydrogen-bond donors (Lipinski definition) is 1. The quantitative estimate of drug-likeness (QED) is 0.368. The predicted molar refractivity (Wildman–Crippen MR) is 98.4 cm³/mol. The van der Waals surface area contributed by atoms with Crippen molar-refractivity contribution >= 4 is 5.97 Å². The van der Waals surface area contributed by atoms with Gasteiger partial charge in [0.2, 0.25) is 0 Å². The number of unbranched alkanes of at least 4 members (excludes halogenated alkanes) is 3. The number of rotatable bonds is 15. The summed E-state index contributed by atoms with van der Waals surface area (Å²) >= 11 is 0. The number of aliphatic carboxylic acids is 1. The number of quaternary nitrogens is 1. The predicted octanol–water partition coefficient (Wildman–Crippen LogP) is 2.90. The molecule has 0 rings (SSSR count). The molecule has 2 unspecified atom stereocenters. The van der Waals surface area contributed by atoms with Gasteiger partial charge in [-0.15, -0.1) is 0 Å². The van der Waals surface area contributed by atoms with Gasteiger partial charge in [0, 0.05) is 11.9 Å². The molecule has 0 saturated heterocycles. The largest absolute Gasteiger partial charge is 0.550 e. The molecule has 0 spiro atoms. The van der Waals surface area contributed by atoms with Gasteiger partial charge in [-0.3, -0.25) is 0 Å². The Labute approximate surface area is 149 Å². The first-order valence-corrected chi connectivity index (χ1v) is 9.79. The first kappa shape index (κ1) is 23.1. The van der Waals surface area contributed by atoms with E-state index in [1.165, 1.54) is 0 Å². The van der Waals surface area contributed by atoms with Crippen molar-refractivity contribution in [1.82, 2.24) is 0 Å². The molecule has 0 fully saturated rings. The van der Waals surface area contributed by atoms with Crippen LogP contribution in [-0.2, 0) is 4.79 Å². The Bertz CT molecular complexity index is 347. The lowest BCUT2D eigenvalue weighted by Crippen LogP contribution is -2.57. The Balaban J connectivity index is 5.03. The third kappa shape index (κ3) is 10.1. The van der Waals surface area contributed by atoms with Crippen LogP contribution in [0.25, 0.3) is 0 Å². The highest BCUT2D eigenvalue weighted by Gasteiger charge is 2.31. The van der Waals surface area contributed by atoms with Crippen LogP contribution in [0.5, 0.6) is 0 Å². The molecule has 1 N–H and O–H groups in total. The number of hydrogen-bond acceptors (Lipinski definition) is 3. The van der Waals surface area contributed by atoms with Crippen molar-refractivity contribution < 1.29 is 19.5 Å². The van der Waals surface area contributed by atoms with Gasteiger partial charge >= 0.3 is 0 Å². The molecule has 4 nitrogen and oxygen atoms in total. The van der Waals surface area contributed by atoms with Crippen molar-refractivity contribution in [1.29, 1.82) is 0 Å². The fraction of sp³-hybridized carbons (Fsp3) is 0.850. The maximum atomic E-state index is 11.3. The number of carboxylic acids is 1. The van der Waals surface area contributed by atoms with Gasteiger partial charge in [0.25, 0.3) is 0 Å². The van der Waals surface area contributed by atoms with Crippen molar-refractivity contribution in [3.63, 3.8) is 0 Å². The first-order valence-electron chi connectivity index (χ1n) is 9.79. The molecule has 0 aliphatic carbocycles. The molecule has 0 aromatic rings. The van der Waals surface area contributed by atoms with Crippen LogP contribution in [0.4, 0.5) is 0 Å². The molecule has 0 aromatic heterocycles. The smallest absolute Gasteiger partial charge is 0.106 e. The van der Waals surface area contributed by atoms with Crippen LogP contribution in [0.15, 0.2) is 12.2 Å². The van der Waals surface area contributed by atoms with Gasteiger partial charge in [-0.1, -0.05) is 59.1 Å². The highest BCUT2D eigenvalue weighted by molar-refractivity contribution is 5.67. The van der Waals surface area contributed by atoms with Crippen LogP contribution in [0.3, 0.4) is 0 Å². The van der Waals surface area contributed by atoms with E-state index in [2.05, 4.69) is 32.9 Å². The number of carbonyl (C=O) groups is 1. The SMILES string of the molecule is CCC/C=C/CC(O)C[N+](CCCC)(CCCC)CC(C)C(=O)[O-]. The Hall–Kier alpha value is -0.870. The molecule has 0 radical (unpaired) electrons. The van der Waals surface area contributed by atoms with Crippen LogP contribution in [0.2, 0.25) is 0 Å². The van der Waals surface area contributed by atoms with Crippen LogP contribution >= 0.6 is 0 Å². The zero-order valence-electron chi connectivity index (χ0n) is 16.3. The molecule has 0 heterocycles. The number of allylic oxidation sites excluding steroid dienone is 1. The summed E-state index contributed by atoms with van der Waals surface area (Å²) in [5, 5.41) is 21.8. The van der Waals surface area contributed by atoms with Crippen LogP contribution in [0, 0.1) is 5.92 Å². The van der Waals surface area contributed by atoms with Crippen molar-refractivity contribution in [3.05, 3.63) is 12.2 Å². The van der Waals surface area contributed by atoms with Gasteiger partial charge in [-0.05, 0) is 25.7 Å². The lowest BCUT2D eigenvalue weighted by molar-refractivity contribution is -0.933. The molecule has 0 aliphatic rings. The maximum absolute atomic E-state index is 11.3. The lowest BCUT2D eigenvalue weighted by Gasteiger charge is -2.42. The Morgan fingerprint density at radius 1 is 1.04 bits per heavy atom. The second-order valence-electron chi connectivity index (χ2n) is 7.23. The minimum Gasteiger partial charge on any atom is -0.550 e. The number of nitrogens with zero attached hydrogens (tertiary/aromatic N) is 1. The standard InChI is InChI=1S/C20H39NO3/c1-5-8-11-12-13-19(22)17-21(14-9-6-2,15-10-7-3)16-18(4)20(23)24/h11-12,18-19,22H,5-10,13-17H2,1-4H3/b12-11+. The van der Waals surface area contributed by atoms with Gasteiger partial charge in [0.05, 0.1) is 19.6 Å². The summed E-state index contributed by atoms with van der Waals surface area (Å²) in [6, 6.07) is 0. The minimum absolute atomic E-state index is 0.416. The fourth-order valence-electron chi connectivity index (χ4n) is 3.25. The molecule has 2 atom stereocenters. The van der Waals surface area contributed by atoms with E-state index in [1.807, 2.05) is 0 Å². The molecule has 0 saturated carbocycles.